The van der Waals surface area contributed by atoms with Gasteiger partial charge in [-0.2, -0.15) is 0 Å². The molecule has 0 amide bonds. The topological polar surface area (TPSA) is 26.0 Å². The minimum Gasteiger partial charge on any atom is -0.399 e. The fraction of sp³-hybridized carbons (Fsp3) is 0. The molecule has 0 saturated heterocycles. The molecule has 0 saturated carbocycles. The van der Waals surface area contributed by atoms with Crippen molar-refractivity contribution in [2.45, 2.75) is 0 Å². The van der Waals surface area contributed by atoms with Gasteiger partial charge in [-0.1, -0.05) is 84.9 Å². The van der Waals surface area contributed by atoms with Crippen LogP contribution in [0.4, 0.5) is 5.69 Å². The van der Waals surface area contributed by atoms with Crippen molar-refractivity contribution in [3.8, 4) is 33.4 Å². The Balaban J connectivity index is 1.86. The second-order valence-electron chi connectivity index (χ2n) is 6.12. The monoisotopic (exact) mass is 321 g/mol. The summed E-state index contributed by atoms with van der Waals surface area (Å²) in [5.41, 5.74) is 14.0. The lowest BCUT2D eigenvalue weighted by atomic mass is 9.92. The van der Waals surface area contributed by atoms with Crippen LogP contribution in [0.5, 0.6) is 0 Å². The zero-order valence-corrected chi connectivity index (χ0v) is 13.9. The van der Waals surface area contributed by atoms with E-state index in [-0.39, 0.29) is 0 Å². The van der Waals surface area contributed by atoms with Crippen molar-refractivity contribution in [2.75, 3.05) is 5.73 Å². The van der Waals surface area contributed by atoms with Gasteiger partial charge in [0.1, 0.15) is 0 Å². The van der Waals surface area contributed by atoms with Crippen LogP contribution in [0.3, 0.4) is 0 Å². The molecule has 4 rings (SSSR count). The Morgan fingerprint density at radius 3 is 1.72 bits per heavy atom. The number of hydrogen-bond acceptors (Lipinski definition) is 1. The molecule has 0 bridgehead atoms. The third kappa shape index (κ3) is 3.17. The maximum absolute atomic E-state index is 6.06. The van der Waals surface area contributed by atoms with Crippen molar-refractivity contribution in [1.29, 1.82) is 0 Å². The van der Waals surface area contributed by atoms with Gasteiger partial charge in [0.05, 0.1) is 0 Å². The molecule has 0 spiro atoms. The smallest absolute Gasteiger partial charge is 0.0320 e. The lowest BCUT2D eigenvalue weighted by Gasteiger charge is -2.13. The number of rotatable bonds is 3. The Labute approximate surface area is 148 Å². The van der Waals surface area contributed by atoms with Gasteiger partial charge < -0.3 is 5.73 Å². The molecule has 0 aliphatic carbocycles. The molecule has 1 heteroatoms. The summed E-state index contributed by atoms with van der Waals surface area (Å²) in [6.07, 6.45) is 0. The number of anilines is 1. The first-order valence-corrected chi connectivity index (χ1v) is 8.42. The summed E-state index contributed by atoms with van der Waals surface area (Å²) in [6, 6.07) is 35.7. The number of hydrogen-bond donors (Lipinski definition) is 1. The Morgan fingerprint density at radius 2 is 1.00 bits per heavy atom. The van der Waals surface area contributed by atoms with Crippen LogP contribution < -0.4 is 5.73 Å². The second kappa shape index (κ2) is 6.66. The van der Waals surface area contributed by atoms with Crippen LogP contribution in [0.25, 0.3) is 33.4 Å². The van der Waals surface area contributed by atoms with E-state index in [0.717, 1.165) is 11.3 Å². The fourth-order valence-corrected chi connectivity index (χ4v) is 3.17. The standard InChI is InChI=1S/C24H19N/c25-22-14-15-23(24(17-22)19-10-5-2-6-11-19)21-13-7-12-20(16-21)18-8-3-1-4-9-18/h1-17H,25H2. The molecular weight excluding hydrogens is 302 g/mol. The quantitative estimate of drug-likeness (QED) is 0.442. The second-order valence-corrected chi connectivity index (χ2v) is 6.12. The zero-order valence-electron chi connectivity index (χ0n) is 13.9. The summed E-state index contributed by atoms with van der Waals surface area (Å²) in [5.74, 6) is 0. The molecule has 0 fully saturated rings. The van der Waals surface area contributed by atoms with E-state index in [1.165, 1.54) is 27.8 Å². The van der Waals surface area contributed by atoms with Crippen molar-refractivity contribution < 1.29 is 0 Å². The summed E-state index contributed by atoms with van der Waals surface area (Å²) in [6.45, 7) is 0. The van der Waals surface area contributed by atoms with Crippen molar-refractivity contribution in [1.82, 2.24) is 0 Å². The van der Waals surface area contributed by atoms with Gasteiger partial charge in [0.15, 0.2) is 0 Å². The van der Waals surface area contributed by atoms with Gasteiger partial charge in [0.25, 0.3) is 0 Å². The minimum atomic E-state index is 0.779. The highest BCUT2D eigenvalue weighted by molar-refractivity contribution is 5.87. The van der Waals surface area contributed by atoms with Gasteiger partial charge in [-0.05, 0) is 51.6 Å². The fourth-order valence-electron chi connectivity index (χ4n) is 3.17. The molecule has 4 aromatic rings. The van der Waals surface area contributed by atoms with Crippen molar-refractivity contribution in [3.05, 3.63) is 103 Å². The van der Waals surface area contributed by atoms with Crippen LogP contribution in [-0.4, -0.2) is 0 Å². The number of benzene rings is 4. The highest BCUT2D eigenvalue weighted by atomic mass is 14.5. The van der Waals surface area contributed by atoms with Crippen LogP contribution in [0.15, 0.2) is 103 Å². The van der Waals surface area contributed by atoms with E-state index < -0.39 is 0 Å². The molecule has 0 aromatic heterocycles. The van der Waals surface area contributed by atoms with E-state index >= 15 is 0 Å². The molecule has 0 aliphatic heterocycles. The van der Waals surface area contributed by atoms with Crippen LogP contribution in [0.1, 0.15) is 0 Å². The molecule has 1 nitrogen and oxygen atoms in total. The average molecular weight is 321 g/mol. The molecule has 0 heterocycles. The SMILES string of the molecule is Nc1ccc(-c2cccc(-c3ccccc3)c2)c(-c2ccccc2)c1. The summed E-state index contributed by atoms with van der Waals surface area (Å²) in [4.78, 5) is 0. The molecule has 0 radical (unpaired) electrons. The van der Waals surface area contributed by atoms with E-state index in [1.54, 1.807) is 0 Å². The third-order valence-electron chi connectivity index (χ3n) is 4.41. The molecule has 120 valence electrons. The molecule has 0 unspecified atom stereocenters. The molecule has 2 N–H and O–H groups in total. The Hall–Kier alpha value is -3.32. The van der Waals surface area contributed by atoms with E-state index in [0.29, 0.717) is 0 Å². The first kappa shape index (κ1) is 15.2. The number of nitrogen functional groups attached to an aromatic ring is 1. The Bertz CT molecular complexity index is 989. The zero-order chi connectivity index (χ0) is 17.1. The summed E-state index contributed by atoms with van der Waals surface area (Å²) < 4.78 is 0. The Morgan fingerprint density at radius 1 is 0.400 bits per heavy atom. The predicted molar refractivity (Wildman–Crippen MR) is 107 cm³/mol. The first-order chi connectivity index (χ1) is 12.3. The van der Waals surface area contributed by atoms with Gasteiger partial charge in [-0.15, -0.1) is 0 Å². The van der Waals surface area contributed by atoms with Crippen LogP contribution in [0.2, 0.25) is 0 Å². The maximum Gasteiger partial charge on any atom is 0.0320 e. The van der Waals surface area contributed by atoms with Gasteiger partial charge in [0.2, 0.25) is 0 Å². The normalized spacial score (nSPS) is 10.6. The van der Waals surface area contributed by atoms with Gasteiger partial charge in [-0.3, -0.25) is 0 Å². The van der Waals surface area contributed by atoms with E-state index in [1.807, 2.05) is 18.2 Å². The molecular formula is C24H19N. The lowest BCUT2D eigenvalue weighted by molar-refractivity contribution is 1.56. The Kier molecular flexibility index (Phi) is 4.05. The number of nitrogens with two attached hydrogens (primary N) is 1. The van der Waals surface area contributed by atoms with Crippen LogP contribution in [0, 0.1) is 0 Å². The third-order valence-corrected chi connectivity index (χ3v) is 4.41. The average Bonchev–Trinajstić information content (AvgIpc) is 2.69. The summed E-state index contributed by atoms with van der Waals surface area (Å²) in [7, 11) is 0. The van der Waals surface area contributed by atoms with Gasteiger partial charge >= 0.3 is 0 Å². The maximum atomic E-state index is 6.06. The van der Waals surface area contributed by atoms with Crippen molar-refractivity contribution in [3.63, 3.8) is 0 Å². The summed E-state index contributed by atoms with van der Waals surface area (Å²) in [5, 5.41) is 0. The summed E-state index contributed by atoms with van der Waals surface area (Å²) >= 11 is 0. The van der Waals surface area contributed by atoms with Crippen molar-refractivity contribution >= 4 is 5.69 Å². The van der Waals surface area contributed by atoms with Gasteiger partial charge in [-0.25, -0.2) is 0 Å². The molecule has 4 aromatic carbocycles. The van der Waals surface area contributed by atoms with E-state index in [4.69, 9.17) is 5.73 Å². The molecule has 25 heavy (non-hydrogen) atoms. The van der Waals surface area contributed by atoms with Crippen LogP contribution >= 0.6 is 0 Å². The highest BCUT2D eigenvalue weighted by Crippen LogP contribution is 2.35. The van der Waals surface area contributed by atoms with E-state index in [2.05, 4.69) is 84.9 Å². The molecule has 0 atom stereocenters. The van der Waals surface area contributed by atoms with E-state index in [9.17, 15) is 0 Å². The first-order valence-electron chi connectivity index (χ1n) is 8.42. The highest BCUT2D eigenvalue weighted by Gasteiger charge is 2.09. The van der Waals surface area contributed by atoms with Gasteiger partial charge in [0, 0.05) is 5.69 Å². The molecule has 0 aliphatic rings. The minimum absolute atomic E-state index is 0.779. The lowest BCUT2D eigenvalue weighted by Crippen LogP contribution is -1.90. The largest absolute Gasteiger partial charge is 0.399 e. The predicted octanol–water partition coefficient (Wildman–Crippen LogP) is 6.27. The van der Waals surface area contributed by atoms with Crippen molar-refractivity contribution in [2.24, 2.45) is 0 Å². The van der Waals surface area contributed by atoms with Crippen LogP contribution in [-0.2, 0) is 0 Å².